The van der Waals surface area contributed by atoms with Crippen LogP contribution in [0, 0.1) is 0 Å². The Kier molecular flexibility index (Phi) is 5.14. The van der Waals surface area contributed by atoms with Crippen molar-refractivity contribution in [2.24, 2.45) is 5.73 Å². The summed E-state index contributed by atoms with van der Waals surface area (Å²) in [5, 5.41) is 3.57. The first-order chi connectivity index (χ1) is 9.28. The van der Waals surface area contributed by atoms with Crippen LogP contribution in [0.25, 0.3) is 0 Å². The van der Waals surface area contributed by atoms with E-state index in [1.807, 2.05) is 6.08 Å². The Morgan fingerprint density at radius 1 is 1.37 bits per heavy atom. The van der Waals surface area contributed by atoms with Crippen LogP contribution in [0.4, 0.5) is 0 Å². The highest BCUT2D eigenvalue weighted by atomic mass is 15.2. The average Bonchev–Trinajstić information content (AvgIpc) is 2.46. The molecule has 1 saturated heterocycles. The summed E-state index contributed by atoms with van der Waals surface area (Å²) in [6.07, 6.45) is 4.27. The van der Waals surface area contributed by atoms with Gasteiger partial charge in [-0.3, -0.25) is 4.90 Å². The van der Waals surface area contributed by atoms with E-state index in [1.54, 1.807) is 0 Å². The summed E-state index contributed by atoms with van der Waals surface area (Å²) >= 11 is 0. The summed E-state index contributed by atoms with van der Waals surface area (Å²) in [5.41, 5.74) is 7.44. The molecule has 0 spiro atoms. The maximum Gasteiger partial charge on any atom is 0.0435 e. The molecule has 0 amide bonds. The normalized spacial score (nSPS) is 24.3. The molecule has 104 valence electrons. The first kappa shape index (κ1) is 14.3. The van der Waals surface area contributed by atoms with Gasteiger partial charge in [-0.05, 0) is 24.9 Å². The minimum absolute atomic E-state index is 0.0568. The lowest BCUT2D eigenvalue weighted by molar-refractivity contribution is 0.123. The molecule has 1 unspecified atom stereocenters. The molecule has 0 aliphatic carbocycles. The smallest absolute Gasteiger partial charge is 0.0435 e. The van der Waals surface area contributed by atoms with Gasteiger partial charge < -0.3 is 11.1 Å². The largest absolute Gasteiger partial charge is 0.329 e. The van der Waals surface area contributed by atoms with E-state index in [4.69, 9.17) is 5.73 Å². The second-order valence-electron chi connectivity index (χ2n) is 5.45. The number of benzene rings is 1. The fourth-order valence-electron chi connectivity index (χ4n) is 2.88. The molecule has 1 atom stereocenters. The number of rotatable bonds is 6. The zero-order valence-corrected chi connectivity index (χ0v) is 11.6. The van der Waals surface area contributed by atoms with Gasteiger partial charge in [0, 0.05) is 31.7 Å². The standard InChI is InChI=1S/C16H25N3/c1-2-10-18-16(13-17)9-6-11-19(14-16)12-15-7-4-3-5-8-15/h2-5,7-8,18H,1,6,9-14,17H2. The third-order valence-corrected chi connectivity index (χ3v) is 3.92. The van der Waals surface area contributed by atoms with E-state index in [0.717, 1.165) is 32.6 Å². The van der Waals surface area contributed by atoms with Gasteiger partial charge in [0.2, 0.25) is 0 Å². The predicted octanol–water partition coefficient (Wildman–Crippen LogP) is 1.76. The number of hydrogen-bond donors (Lipinski definition) is 2. The zero-order valence-electron chi connectivity index (χ0n) is 11.6. The molecule has 1 fully saturated rings. The number of nitrogens with one attached hydrogen (secondary N) is 1. The van der Waals surface area contributed by atoms with Gasteiger partial charge in [-0.15, -0.1) is 6.58 Å². The van der Waals surface area contributed by atoms with E-state index < -0.39 is 0 Å². The fourth-order valence-corrected chi connectivity index (χ4v) is 2.88. The van der Waals surface area contributed by atoms with E-state index >= 15 is 0 Å². The van der Waals surface area contributed by atoms with Gasteiger partial charge in [0.25, 0.3) is 0 Å². The third kappa shape index (κ3) is 3.90. The highest BCUT2D eigenvalue weighted by Crippen LogP contribution is 2.21. The first-order valence-corrected chi connectivity index (χ1v) is 7.10. The van der Waals surface area contributed by atoms with Crippen molar-refractivity contribution in [2.45, 2.75) is 24.9 Å². The van der Waals surface area contributed by atoms with E-state index in [1.165, 1.54) is 12.0 Å². The average molecular weight is 259 g/mol. The monoisotopic (exact) mass is 259 g/mol. The number of likely N-dealkylation sites (tertiary alicyclic amines) is 1. The van der Waals surface area contributed by atoms with Crippen LogP contribution in [0.2, 0.25) is 0 Å². The molecule has 0 saturated carbocycles. The molecule has 0 bridgehead atoms. The quantitative estimate of drug-likeness (QED) is 0.765. The number of piperidine rings is 1. The van der Waals surface area contributed by atoms with Gasteiger partial charge in [-0.2, -0.15) is 0 Å². The van der Waals surface area contributed by atoms with E-state index in [2.05, 4.69) is 47.1 Å². The van der Waals surface area contributed by atoms with Crippen molar-refractivity contribution in [3.05, 3.63) is 48.6 Å². The molecular formula is C16H25N3. The summed E-state index contributed by atoms with van der Waals surface area (Å²) < 4.78 is 0. The molecular weight excluding hydrogens is 234 g/mol. The minimum Gasteiger partial charge on any atom is -0.329 e. The second kappa shape index (κ2) is 6.85. The van der Waals surface area contributed by atoms with Gasteiger partial charge in [0.05, 0.1) is 0 Å². The van der Waals surface area contributed by atoms with E-state index in [9.17, 15) is 0 Å². The van der Waals surface area contributed by atoms with Crippen molar-refractivity contribution in [1.82, 2.24) is 10.2 Å². The molecule has 1 aliphatic rings. The maximum absolute atomic E-state index is 6.01. The zero-order chi connectivity index (χ0) is 13.6. The van der Waals surface area contributed by atoms with Crippen molar-refractivity contribution in [2.75, 3.05) is 26.2 Å². The maximum atomic E-state index is 6.01. The minimum atomic E-state index is 0.0568. The van der Waals surface area contributed by atoms with Gasteiger partial charge in [-0.1, -0.05) is 36.4 Å². The van der Waals surface area contributed by atoms with Crippen molar-refractivity contribution in [3.8, 4) is 0 Å². The number of hydrogen-bond acceptors (Lipinski definition) is 3. The molecule has 19 heavy (non-hydrogen) atoms. The lowest BCUT2D eigenvalue weighted by Crippen LogP contribution is -2.60. The molecule has 3 N–H and O–H groups in total. The lowest BCUT2D eigenvalue weighted by atomic mass is 9.88. The van der Waals surface area contributed by atoms with Crippen LogP contribution in [-0.2, 0) is 6.54 Å². The summed E-state index contributed by atoms with van der Waals surface area (Å²) in [5.74, 6) is 0. The summed E-state index contributed by atoms with van der Waals surface area (Å²) in [6, 6.07) is 10.7. The molecule has 0 aromatic heterocycles. The Morgan fingerprint density at radius 2 is 2.16 bits per heavy atom. The van der Waals surface area contributed by atoms with Gasteiger partial charge >= 0.3 is 0 Å². The van der Waals surface area contributed by atoms with Crippen LogP contribution in [0.1, 0.15) is 18.4 Å². The molecule has 3 heteroatoms. The second-order valence-corrected chi connectivity index (χ2v) is 5.45. The highest BCUT2D eigenvalue weighted by molar-refractivity contribution is 5.15. The summed E-state index contributed by atoms with van der Waals surface area (Å²) in [4.78, 5) is 2.50. The number of nitrogens with zero attached hydrogens (tertiary/aromatic N) is 1. The highest BCUT2D eigenvalue weighted by Gasteiger charge is 2.33. The molecule has 1 heterocycles. The van der Waals surface area contributed by atoms with Crippen LogP contribution in [0.5, 0.6) is 0 Å². The van der Waals surface area contributed by atoms with Crippen molar-refractivity contribution in [1.29, 1.82) is 0 Å². The van der Waals surface area contributed by atoms with Crippen LogP contribution < -0.4 is 11.1 Å². The molecule has 1 aliphatic heterocycles. The van der Waals surface area contributed by atoms with E-state index in [-0.39, 0.29) is 5.54 Å². The topological polar surface area (TPSA) is 41.3 Å². The first-order valence-electron chi connectivity index (χ1n) is 7.10. The SMILES string of the molecule is C=CCNC1(CN)CCCN(Cc2ccccc2)C1. The van der Waals surface area contributed by atoms with Crippen LogP contribution in [0.15, 0.2) is 43.0 Å². The summed E-state index contributed by atoms with van der Waals surface area (Å²) in [6.45, 7) is 8.49. The Hall–Kier alpha value is -1.16. The van der Waals surface area contributed by atoms with Crippen LogP contribution in [0.3, 0.4) is 0 Å². The molecule has 3 nitrogen and oxygen atoms in total. The van der Waals surface area contributed by atoms with E-state index in [0.29, 0.717) is 6.54 Å². The predicted molar refractivity (Wildman–Crippen MR) is 80.9 cm³/mol. The summed E-state index contributed by atoms with van der Waals surface area (Å²) in [7, 11) is 0. The van der Waals surface area contributed by atoms with Crippen LogP contribution in [-0.4, -0.2) is 36.6 Å². The Bertz CT molecular complexity index is 390. The molecule has 0 radical (unpaired) electrons. The Labute approximate surface area is 116 Å². The van der Waals surface area contributed by atoms with Crippen molar-refractivity contribution < 1.29 is 0 Å². The molecule has 1 aromatic rings. The fraction of sp³-hybridized carbons (Fsp3) is 0.500. The molecule has 1 aromatic carbocycles. The number of nitrogens with two attached hydrogens (primary N) is 1. The van der Waals surface area contributed by atoms with Crippen molar-refractivity contribution in [3.63, 3.8) is 0 Å². The Morgan fingerprint density at radius 3 is 2.84 bits per heavy atom. The lowest BCUT2D eigenvalue weighted by Gasteiger charge is -2.43. The van der Waals surface area contributed by atoms with Gasteiger partial charge in [-0.25, -0.2) is 0 Å². The van der Waals surface area contributed by atoms with Crippen molar-refractivity contribution >= 4 is 0 Å². The third-order valence-electron chi connectivity index (χ3n) is 3.92. The Balaban J connectivity index is 1.97. The molecule has 2 rings (SSSR count). The van der Waals surface area contributed by atoms with Gasteiger partial charge in [0.15, 0.2) is 0 Å². The van der Waals surface area contributed by atoms with Gasteiger partial charge in [0.1, 0.15) is 0 Å². The van der Waals surface area contributed by atoms with Crippen LogP contribution >= 0.6 is 0 Å².